The molecule has 1 aliphatic rings. The largest absolute Gasteiger partial charge is 0.380 e. The molecule has 5 rings (SSSR count). The fourth-order valence-electron chi connectivity index (χ4n) is 4.38. The molecule has 0 bridgehead atoms. The van der Waals surface area contributed by atoms with Gasteiger partial charge in [-0.05, 0) is 57.4 Å². The average Bonchev–Trinajstić information content (AvgIpc) is 3.44. The summed E-state index contributed by atoms with van der Waals surface area (Å²) >= 11 is 0. The minimum Gasteiger partial charge on any atom is -0.380 e. The van der Waals surface area contributed by atoms with Crippen LogP contribution in [0.5, 0.6) is 0 Å². The number of methoxy groups -OCH3 is 1. The first-order valence-corrected chi connectivity index (χ1v) is 11.2. The molecule has 4 aromatic rings. The summed E-state index contributed by atoms with van der Waals surface area (Å²) in [6.45, 7) is 8.14. The lowest BCUT2D eigenvalue weighted by molar-refractivity contribution is 0.0892. The van der Waals surface area contributed by atoms with E-state index in [2.05, 4.69) is 42.9 Å². The molecule has 1 atom stereocenters. The zero-order valence-corrected chi connectivity index (χ0v) is 19.1. The summed E-state index contributed by atoms with van der Waals surface area (Å²) in [5, 5.41) is 9.63. The Morgan fingerprint density at radius 2 is 2.00 bits per heavy atom. The SMILES string of the molecule is CO[C@@H]1CCCN(c2nc(-c3ccccn3)nn3cc(-c4ccn(C(C)C)n4)c(C)c23)C1. The van der Waals surface area contributed by atoms with E-state index in [0.717, 1.165) is 59.8 Å². The monoisotopic (exact) mass is 431 g/mol. The second-order valence-corrected chi connectivity index (χ2v) is 8.66. The summed E-state index contributed by atoms with van der Waals surface area (Å²) < 4.78 is 9.61. The van der Waals surface area contributed by atoms with Crippen molar-refractivity contribution in [1.82, 2.24) is 29.4 Å². The number of piperidine rings is 1. The van der Waals surface area contributed by atoms with Gasteiger partial charge in [0.05, 0.1) is 11.8 Å². The van der Waals surface area contributed by atoms with E-state index >= 15 is 0 Å². The van der Waals surface area contributed by atoms with Crippen molar-refractivity contribution in [2.24, 2.45) is 0 Å². The molecule has 0 radical (unpaired) electrons. The molecular weight excluding hydrogens is 402 g/mol. The number of aryl methyl sites for hydroxylation is 1. The third-order valence-corrected chi connectivity index (χ3v) is 6.18. The Morgan fingerprint density at radius 3 is 2.72 bits per heavy atom. The number of anilines is 1. The molecule has 8 nitrogen and oxygen atoms in total. The van der Waals surface area contributed by atoms with Crippen LogP contribution in [0.4, 0.5) is 5.82 Å². The van der Waals surface area contributed by atoms with Gasteiger partial charge in [-0.3, -0.25) is 9.67 Å². The first-order chi connectivity index (χ1) is 15.5. The number of aromatic nitrogens is 6. The standard InChI is InChI=1S/C24H29N7O/c1-16(2)30-13-10-20(27-30)19-15-31-22(17(19)3)24(29-12-7-8-18(14-29)32-4)26-23(28-31)21-9-5-6-11-25-21/h5-6,9-11,13,15-16,18H,7-8,12,14H2,1-4H3/t18-/m1/s1. The molecule has 0 unspecified atom stereocenters. The summed E-state index contributed by atoms with van der Waals surface area (Å²) in [6.07, 6.45) is 8.20. The van der Waals surface area contributed by atoms with Crippen LogP contribution in [-0.2, 0) is 4.74 Å². The summed E-state index contributed by atoms with van der Waals surface area (Å²) in [5.41, 5.74) is 4.91. The predicted octanol–water partition coefficient (Wildman–Crippen LogP) is 4.16. The maximum absolute atomic E-state index is 5.68. The van der Waals surface area contributed by atoms with Gasteiger partial charge in [-0.15, -0.1) is 5.10 Å². The van der Waals surface area contributed by atoms with Crippen LogP contribution < -0.4 is 4.90 Å². The number of hydrogen-bond donors (Lipinski definition) is 0. The van der Waals surface area contributed by atoms with Crippen molar-refractivity contribution in [3.63, 3.8) is 0 Å². The van der Waals surface area contributed by atoms with Crippen LogP contribution in [0.25, 0.3) is 28.3 Å². The topological polar surface area (TPSA) is 73.4 Å². The highest BCUT2D eigenvalue weighted by Crippen LogP contribution is 2.34. The van der Waals surface area contributed by atoms with Crippen LogP contribution in [0.15, 0.2) is 42.9 Å². The Hall–Kier alpha value is -3.26. The van der Waals surface area contributed by atoms with E-state index in [1.54, 1.807) is 13.3 Å². The van der Waals surface area contributed by atoms with Crippen LogP contribution in [0.2, 0.25) is 0 Å². The number of pyridine rings is 1. The molecule has 0 N–H and O–H groups in total. The number of nitrogens with zero attached hydrogens (tertiary/aromatic N) is 7. The molecular formula is C24H29N7O. The molecule has 0 amide bonds. The smallest absolute Gasteiger partial charge is 0.200 e. The van der Waals surface area contributed by atoms with Crippen molar-refractivity contribution >= 4 is 11.3 Å². The molecule has 4 aromatic heterocycles. The van der Waals surface area contributed by atoms with Gasteiger partial charge in [0.1, 0.15) is 11.2 Å². The number of rotatable bonds is 5. The van der Waals surface area contributed by atoms with E-state index in [1.807, 2.05) is 33.6 Å². The lowest BCUT2D eigenvalue weighted by atomic mass is 10.1. The Bertz CT molecular complexity index is 1230. The first kappa shape index (κ1) is 20.6. The second kappa shape index (κ2) is 8.35. The van der Waals surface area contributed by atoms with Crippen molar-refractivity contribution in [2.75, 3.05) is 25.1 Å². The van der Waals surface area contributed by atoms with Gasteiger partial charge < -0.3 is 9.64 Å². The van der Waals surface area contributed by atoms with E-state index in [-0.39, 0.29) is 6.10 Å². The highest BCUT2D eigenvalue weighted by Gasteiger charge is 2.26. The van der Waals surface area contributed by atoms with Crippen molar-refractivity contribution in [2.45, 2.75) is 45.8 Å². The third kappa shape index (κ3) is 3.64. The first-order valence-electron chi connectivity index (χ1n) is 11.2. The molecule has 32 heavy (non-hydrogen) atoms. The van der Waals surface area contributed by atoms with E-state index in [1.165, 1.54) is 0 Å². The Kier molecular flexibility index (Phi) is 5.38. The van der Waals surface area contributed by atoms with Gasteiger partial charge in [-0.2, -0.15) is 5.10 Å². The highest BCUT2D eigenvalue weighted by molar-refractivity contribution is 5.83. The molecule has 0 saturated carbocycles. The molecule has 0 aliphatic carbocycles. The molecule has 0 spiro atoms. The van der Waals surface area contributed by atoms with Crippen LogP contribution in [0, 0.1) is 6.92 Å². The predicted molar refractivity (Wildman–Crippen MR) is 125 cm³/mol. The Balaban J connectivity index is 1.69. The fourth-order valence-corrected chi connectivity index (χ4v) is 4.38. The van der Waals surface area contributed by atoms with E-state index < -0.39 is 0 Å². The summed E-state index contributed by atoms with van der Waals surface area (Å²) in [5.74, 6) is 1.54. The van der Waals surface area contributed by atoms with E-state index in [4.69, 9.17) is 19.9 Å². The average molecular weight is 432 g/mol. The molecule has 5 heterocycles. The zero-order valence-electron chi connectivity index (χ0n) is 19.1. The van der Waals surface area contributed by atoms with Crippen molar-refractivity contribution in [3.05, 3.63) is 48.4 Å². The van der Waals surface area contributed by atoms with Gasteiger partial charge in [0.2, 0.25) is 5.82 Å². The Morgan fingerprint density at radius 1 is 1.12 bits per heavy atom. The van der Waals surface area contributed by atoms with Crippen molar-refractivity contribution in [3.8, 4) is 22.8 Å². The van der Waals surface area contributed by atoms with Gasteiger partial charge in [0.15, 0.2) is 5.82 Å². The van der Waals surface area contributed by atoms with Crippen molar-refractivity contribution in [1.29, 1.82) is 0 Å². The van der Waals surface area contributed by atoms with Crippen LogP contribution in [-0.4, -0.2) is 55.7 Å². The van der Waals surface area contributed by atoms with Crippen molar-refractivity contribution < 1.29 is 4.74 Å². The quantitative estimate of drug-likeness (QED) is 0.472. The number of fused-ring (bicyclic) bond motifs is 1. The lowest BCUT2D eigenvalue weighted by Crippen LogP contribution is -2.40. The number of ether oxygens (including phenoxy) is 1. The van der Waals surface area contributed by atoms with Gasteiger partial charge >= 0.3 is 0 Å². The molecule has 166 valence electrons. The summed E-state index contributed by atoms with van der Waals surface area (Å²) in [6, 6.07) is 8.19. The second-order valence-electron chi connectivity index (χ2n) is 8.66. The highest BCUT2D eigenvalue weighted by atomic mass is 16.5. The van der Waals surface area contributed by atoms with Crippen LogP contribution in [0.3, 0.4) is 0 Å². The maximum atomic E-state index is 5.68. The Labute approximate surface area is 187 Å². The van der Waals surface area contributed by atoms with E-state index in [9.17, 15) is 0 Å². The van der Waals surface area contributed by atoms with Gasteiger partial charge in [0.25, 0.3) is 0 Å². The van der Waals surface area contributed by atoms with Gasteiger partial charge in [0, 0.05) is 50.4 Å². The van der Waals surface area contributed by atoms with Gasteiger partial charge in [-0.25, -0.2) is 9.50 Å². The summed E-state index contributed by atoms with van der Waals surface area (Å²) in [7, 11) is 1.79. The van der Waals surface area contributed by atoms with Crippen LogP contribution >= 0.6 is 0 Å². The number of hydrogen-bond acceptors (Lipinski definition) is 6. The zero-order chi connectivity index (χ0) is 22.2. The third-order valence-electron chi connectivity index (χ3n) is 6.18. The molecule has 1 saturated heterocycles. The lowest BCUT2D eigenvalue weighted by Gasteiger charge is -2.33. The molecule has 0 aromatic carbocycles. The minimum absolute atomic E-state index is 0.202. The molecule has 8 heteroatoms. The fraction of sp³-hybridized carbons (Fsp3) is 0.417. The molecule has 1 aliphatic heterocycles. The van der Waals surface area contributed by atoms with Crippen LogP contribution in [0.1, 0.15) is 38.3 Å². The summed E-state index contributed by atoms with van der Waals surface area (Å²) in [4.78, 5) is 11.8. The van der Waals surface area contributed by atoms with Gasteiger partial charge in [-0.1, -0.05) is 6.07 Å². The maximum Gasteiger partial charge on any atom is 0.200 e. The molecule has 1 fully saturated rings. The van der Waals surface area contributed by atoms with E-state index in [0.29, 0.717) is 11.9 Å². The normalized spacial score (nSPS) is 16.9. The minimum atomic E-state index is 0.202.